The largest absolute Gasteiger partial charge is 0.397 e. The lowest BCUT2D eigenvalue weighted by Gasteiger charge is -2.25. The highest BCUT2D eigenvalue weighted by Gasteiger charge is 2.17. The van der Waals surface area contributed by atoms with Crippen molar-refractivity contribution in [3.8, 4) is 0 Å². The molecule has 0 heterocycles. The van der Waals surface area contributed by atoms with Crippen LogP contribution in [0, 0.1) is 18.2 Å². The summed E-state index contributed by atoms with van der Waals surface area (Å²) in [5.74, 6) is -0.289. The summed E-state index contributed by atoms with van der Waals surface area (Å²) in [5, 5.41) is 12.1. The number of nitrogens with one attached hydrogen (secondary N) is 1. The Hall–Kier alpha value is -1.29. The Kier molecular flexibility index (Phi) is 4.34. The lowest BCUT2D eigenvalue weighted by molar-refractivity contribution is 0.220. The molecule has 4 heteroatoms. The Labute approximate surface area is 102 Å². The van der Waals surface area contributed by atoms with Crippen molar-refractivity contribution in [3.05, 3.63) is 23.5 Å². The molecule has 1 aromatic rings. The number of hydrogen-bond acceptors (Lipinski definition) is 3. The zero-order valence-corrected chi connectivity index (χ0v) is 10.7. The van der Waals surface area contributed by atoms with Crippen LogP contribution in [0.15, 0.2) is 12.1 Å². The van der Waals surface area contributed by atoms with Crippen LogP contribution in [0.1, 0.15) is 25.8 Å². The van der Waals surface area contributed by atoms with Gasteiger partial charge in [0.1, 0.15) is 5.82 Å². The summed E-state index contributed by atoms with van der Waals surface area (Å²) in [5.41, 5.74) is 7.44. The summed E-state index contributed by atoms with van der Waals surface area (Å²) >= 11 is 0. The van der Waals surface area contributed by atoms with Gasteiger partial charge in [-0.2, -0.15) is 0 Å². The number of hydrogen-bond donors (Lipinski definition) is 3. The van der Waals surface area contributed by atoms with Crippen molar-refractivity contribution in [2.45, 2.75) is 27.2 Å². The molecule has 0 spiro atoms. The topological polar surface area (TPSA) is 58.3 Å². The molecule has 0 radical (unpaired) electrons. The Morgan fingerprint density at radius 3 is 2.65 bits per heavy atom. The van der Waals surface area contributed by atoms with Gasteiger partial charge in [-0.25, -0.2) is 4.39 Å². The summed E-state index contributed by atoms with van der Waals surface area (Å²) in [4.78, 5) is 0. The SMILES string of the molecule is Cc1cc(NCC(C)(C)CCO)c(N)cc1F. The smallest absolute Gasteiger partial charge is 0.128 e. The van der Waals surface area contributed by atoms with Gasteiger partial charge < -0.3 is 16.2 Å². The van der Waals surface area contributed by atoms with Gasteiger partial charge in [-0.05, 0) is 36.5 Å². The quantitative estimate of drug-likeness (QED) is 0.693. The third kappa shape index (κ3) is 3.89. The van der Waals surface area contributed by atoms with Crippen LogP contribution in [-0.4, -0.2) is 18.3 Å². The van der Waals surface area contributed by atoms with Crippen LogP contribution < -0.4 is 11.1 Å². The first kappa shape index (κ1) is 13.8. The zero-order chi connectivity index (χ0) is 13.1. The summed E-state index contributed by atoms with van der Waals surface area (Å²) in [7, 11) is 0. The molecule has 0 aliphatic heterocycles. The van der Waals surface area contributed by atoms with Crippen molar-refractivity contribution in [3.63, 3.8) is 0 Å². The van der Waals surface area contributed by atoms with Crippen molar-refractivity contribution < 1.29 is 9.50 Å². The van der Waals surface area contributed by atoms with Gasteiger partial charge in [-0.15, -0.1) is 0 Å². The van der Waals surface area contributed by atoms with Crippen LogP contribution in [0.2, 0.25) is 0 Å². The number of halogens is 1. The Bertz CT molecular complexity index is 391. The number of benzene rings is 1. The number of aryl methyl sites for hydroxylation is 1. The van der Waals surface area contributed by atoms with Crippen LogP contribution >= 0.6 is 0 Å². The molecule has 0 aliphatic carbocycles. The van der Waals surface area contributed by atoms with Crippen LogP contribution in [0.3, 0.4) is 0 Å². The molecule has 0 aliphatic rings. The molecule has 0 aromatic heterocycles. The molecule has 0 amide bonds. The van der Waals surface area contributed by atoms with Gasteiger partial charge >= 0.3 is 0 Å². The second kappa shape index (κ2) is 5.36. The number of nitrogen functional groups attached to an aromatic ring is 1. The predicted molar refractivity (Wildman–Crippen MR) is 69.5 cm³/mol. The van der Waals surface area contributed by atoms with Gasteiger partial charge in [0.2, 0.25) is 0 Å². The number of anilines is 2. The first-order valence-corrected chi connectivity index (χ1v) is 5.76. The Balaban J connectivity index is 2.73. The molecule has 1 rings (SSSR count). The van der Waals surface area contributed by atoms with E-state index in [9.17, 15) is 4.39 Å². The lowest BCUT2D eigenvalue weighted by Crippen LogP contribution is -2.24. The van der Waals surface area contributed by atoms with Crippen LogP contribution in [0.5, 0.6) is 0 Å². The Morgan fingerprint density at radius 2 is 2.06 bits per heavy atom. The number of aliphatic hydroxyl groups is 1. The fourth-order valence-electron chi connectivity index (χ4n) is 1.58. The van der Waals surface area contributed by atoms with Crippen molar-refractivity contribution in [2.75, 3.05) is 24.2 Å². The molecule has 0 fully saturated rings. The predicted octanol–water partition coefficient (Wildman–Crippen LogP) is 2.54. The van der Waals surface area contributed by atoms with Crippen molar-refractivity contribution in [1.29, 1.82) is 0 Å². The highest BCUT2D eigenvalue weighted by Crippen LogP contribution is 2.25. The third-order valence-corrected chi connectivity index (χ3v) is 2.88. The monoisotopic (exact) mass is 240 g/mol. The van der Waals surface area contributed by atoms with E-state index in [1.165, 1.54) is 6.07 Å². The van der Waals surface area contributed by atoms with E-state index in [1.54, 1.807) is 13.0 Å². The molecule has 0 atom stereocenters. The molecular weight excluding hydrogens is 219 g/mol. The maximum Gasteiger partial charge on any atom is 0.128 e. The average molecular weight is 240 g/mol. The molecule has 0 bridgehead atoms. The molecule has 1 aromatic carbocycles. The number of nitrogens with two attached hydrogens (primary N) is 1. The standard InChI is InChI=1S/C13H21FN2O/c1-9-6-12(11(15)7-10(9)14)16-8-13(2,3)4-5-17/h6-7,16-17H,4-5,8,15H2,1-3H3. The van der Waals surface area contributed by atoms with Crippen molar-refractivity contribution in [1.82, 2.24) is 0 Å². The molecule has 0 saturated heterocycles. The minimum absolute atomic E-state index is 0.0243. The second-order valence-electron chi connectivity index (χ2n) is 5.18. The minimum atomic E-state index is -0.289. The van der Waals surface area contributed by atoms with Gasteiger partial charge in [-0.3, -0.25) is 0 Å². The fourth-order valence-corrected chi connectivity index (χ4v) is 1.58. The third-order valence-electron chi connectivity index (χ3n) is 2.88. The maximum atomic E-state index is 13.2. The summed E-state index contributed by atoms with van der Waals surface area (Å²) < 4.78 is 13.2. The summed E-state index contributed by atoms with van der Waals surface area (Å²) in [6, 6.07) is 3.04. The average Bonchev–Trinajstić information content (AvgIpc) is 2.21. The van der Waals surface area contributed by atoms with Crippen molar-refractivity contribution in [2.24, 2.45) is 5.41 Å². The molecule has 17 heavy (non-hydrogen) atoms. The number of rotatable bonds is 5. The minimum Gasteiger partial charge on any atom is -0.397 e. The van der Waals surface area contributed by atoms with Crippen LogP contribution in [0.25, 0.3) is 0 Å². The lowest BCUT2D eigenvalue weighted by atomic mass is 9.89. The first-order chi connectivity index (χ1) is 7.85. The first-order valence-electron chi connectivity index (χ1n) is 5.76. The van der Waals surface area contributed by atoms with E-state index in [0.717, 1.165) is 5.69 Å². The van der Waals surface area contributed by atoms with E-state index < -0.39 is 0 Å². The van der Waals surface area contributed by atoms with Gasteiger partial charge in [0.05, 0.1) is 11.4 Å². The van der Waals surface area contributed by atoms with Gasteiger partial charge in [0, 0.05) is 13.2 Å². The van der Waals surface area contributed by atoms with Crippen molar-refractivity contribution >= 4 is 11.4 Å². The molecule has 96 valence electrons. The normalized spacial score (nSPS) is 11.6. The summed E-state index contributed by atoms with van der Waals surface area (Å²) in [6.07, 6.45) is 0.708. The molecule has 0 saturated carbocycles. The molecule has 0 unspecified atom stereocenters. The van der Waals surface area contributed by atoms with E-state index in [1.807, 2.05) is 0 Å². The fraction of sp³-hybridized carbons (Fsp3) is 0.538. The Morgan fingerprint density at radius 1 is 1.41 bits per heavy atom. The van der Waals surface area contributed by atoms with E-state index in [2.05, 4.69) is 19.2 Å². The highest BCUT2D eigenvalue weighted by atomic mass is 19.1. The van der Waals surface area contributed by atoms with Crippen LogP contribution in [0.4, 0.5) is 15.8 Å². The maximum absolute atomic E-state index is 13.2. The highest BCUT2D eigenvalue weighted by molar-refractivity contribution is 5.67. The number of aliphatic hydroxyl groups excluding tert-OH is 1. The van der Waals surface area contributed by atoms with Crippen LogP contribution in [-0.2, 0) is 0 Å². The second-order valence-corrected chi connectivity index (χ2v) is 5.18. The zero-order valence-electron chi connectivity index (χ0n) is 10.7. The molecular formula is C13H21FN2O. The summed E-state index contributed by atoms with van der Waals surface area (Å²) in [6.45, 7) is 6.67. The molecule has 3 nitrogen and oxygen atoms in total. The van der Waals surface area contributed by atoms with Gasteiger partial charge in [0.25, 0.3) is 0 Å². The van der Waals surface area contributed by atoms with E-state index >= 15 is 0 Å². The van der Waals surface area contributed by atoms with E-state index in [4.69, 9.17) is 10.8 Å². The van der Waals surface area contributed by atoms with Gasteiger partial charge in [0.15, 0.2) is 0 Å². The van der Waals surface area contributed by atoms with E-state index in [-0.39, 0.29) is 17.8 Å². The molecule has 4 N–H and O–H groups in total. The van der Waals surface area contributed by atoms with E-state index in [0.29, 0.717) is 24.2 Å². The van der Waals surface area contributed by atoms with Gasteiger partial charge in [-0.1, -0.05) is 13.8 Å².